The van der Waals surface area contributed by atoms with Crippen molar-refractivity contribution >= 4 is 0 Å². The molecule has 1 aromatic rings. The highest BCUT2D eigenvalue weighted by Crippen LogP contribution is 2.28. The van der Waals surface area contributed by atoms with Gasteiger partial charge in [0.1, 0.15) is 6.61 Å². The Kier molecular flexibility index (Phi) is 10.4. The lowest BCUT2D eigenvalue weighted by molar-refractivity contribution is -0.0319. The molecule has 7 nitrogen and oxygen atoms in total. The van der Waals surface area contributed by atoms with Crippen LogP contribution in [0.15, 0.2) is 18.2 Å². The molecule has 7 heteroatoms. The molecule has 1 aliphatic heterocycles. The molecule has 1 atom stereocenters. The Bertz CT molecular complexity index is 632. The maximum absolute atomic E-state index is 10.4. The minimum Gasteiger partial charge on any atom is -0.493 e. The highest BCUT2D eigenvalue weighted by Gasteiger charge is 2.17. The van der Waals surface area contributed by atoms with Crippen LogP contribution in [0.1, 0.15) is 37.7 Å². The van der Waals surface area contributed by atoms with Gasteiger partial charge in [0.05, 0.1) is 39.1 Å². The molecule has 3 rings (SSSR count). The zero-order valence-corrected chi connectivity index (χ0v) is 19.3. The summed E-state index contributed by atoms with van der Waals surface area (Å²) in [5.74, 6) is 1.51. The highest BCUT2D eigenvalue weighted by atomic mass is 16.5. The minimum absolute atomic E-state index is 0.328. The fourth-order valence-corrected chi connectivity index (χ4v) is 4.31. The number of rotatable bonds is 12. The summed E-state index contributed by atoms with van der Waals surface area (Å²) in [6.07, 6.45) is 5.91. The van der Waals surface area contributed by atoms with Crippen molar-refractivity contribution < 1.29 is 24.1 Å². The van der Waals surface area contributed by atoms with Gasteiger partial charge < -0.3 is 24.1 Å². The fraction of sp³-hybridized carbons (Fsp3) is 0.750. The van der Waals surface area contributed by atoms with Crippen LogP contribution in [0, 0.1) is 0 Å². The zero-order chi connectivity index (χ0) is 21.9. The smallest absolute Gasteiger partial charge is 0.161 e. The van der Waals surface area contributed by atoms with E-state index in [0.29, 0.717) is 25.9 Å². The second kappa shape index (κ2) is 13.2. The second-order valence-corrected chi connectivity index (χ2v) is 8.73. The van der Waals surface area contributed by atoms with Crippen molar-refractivity contribution in [1.29, 1.82) is 0 Å². The van der Waals surface area contributed by atoms with E-state index in [1.54, 1.807) is 7.11 Å². The van der Waals surface area contributed by atoms with Gasteiger partial charge in [0.15, 0.2) is 11.5 Å². The molecule has 0 spiro atoms. The molecule has 2 aliphatic rings. The number of aliphatic hydroxyl groups excluding tert-OH is 1. The van der Waals surface area contributed by atoms with Crippen LogP contribution in [0.5, 0.6) is 11.5 Å². The molecule has 2 fully saturated rings. The van der Waals surface area contributed by atoms with Gasteiger partial charge in [-0.1, -0.05) is 25.3 Å². The molecule has 0 amide bonds. The van der Waals surface area contributed by atoms with Crippen LogP contribution in [0.2, 0.25) is 0 Å². The first kappa shape index (κ1) is 24.3. The first-order valence-electron chi connectivity index (χ1n) is 11.7. The number of hydrogen-bond acceptors (Lipinski definition) is 7. The van der Waals surface area contributed by atoms with Crippen LogP contribution in [0.3, 0.4) is 0 Å². The molecular formula is C24H40N2O5. The Hall–Kier alpha value is -1.38. The summed E-state index contributed by atoms with van der Waals surface area (Å²) < 4.78 is 22.8. The number of likely N-dealkylation sites (N-methyl/N-ethyl adjacent to an activating group) is 1. The summed E-state index contributed by atoms with van der Waals surface area (Å²) in [7, 11) is 3.69. The van der Waals surface area contributed by atoms with E-state index in [1.165, 1.54) is 19.3 Å². The van der Waals surface area contributed by atoms with Crippen LogP contribution >= 0.6 is 0 Å². The molecule has 0 bridgehead atoms. The number of nitrogens with zero attached hydrogens (tertiary/aromatic N) is 2. The predicted octanol–water partition coefficient (Wildman–Crippen LogP) is 2.55. The van der Waals surface area contributed by atoms with Crippen molar-refractivity contribution in [2.45, 2.75) is 50.9 Å². The first-order chi connectivity index (χ1) is 15.1. The molecule has 0 radical (unpaired) electrons. The molecule has 176 valence electrons. The lowest BCUT2D eigenvalue weighted by Gasteiger charge is -2.26. The number of aliphatic hydroxyl groups is 1. The van der Waals surface area contributed by atoms with E-state index >= 15 is 0 Å². The van der Waals surface area contributed by atoms with Crippen molar-refractivity contribution in [3.63, 3.8) is 0 Å². The summed E-state index contributed by atoms with van der Waals surface area (Å²) in [6.45, 7) is 6.75. The van der Waals surface area contributed by atoms with Crippen molar-refractivity contribution in [2.24, 2.45) is 0 Å². The lowest BCUT2D eigenvalue weighted by Crippen LogP contribution is -2.38. The maximum atomic E-state index is 10.4. The summed E-state index contributed by atoms with van der Waals surface area (Å²) in [5, 5.41) is 10.4. The summed E-state index contributed by atoms with van der Waals surface area (Å²) in [5.41, 5.74) is 1.13. The van der Waals surface area contributed by atoms with Gasteiger partial charge in [0, 0.05) is 32.7 Å². The Labute approximate surface area is 187 Å². The number of hydrogen-bond donors (Lipinski definition) is 1. The Balaban J connectivity index is 1.40. The van der Waals surface area contributed by atoms with Crippen LogP contribution < -0.4 is 9.47 Å². The largest absolute Gasteiger partial charge is 0.493 e. The molecular weight excluding hydrogens is 396 g/mol. The third kappa shape index (κ3) is 8.58. The van der Waals surface area contributed by atoms with Crippen molar-refractivity contribution in [3.05, 3.63) is 23.8 Å². The van der Waals surface area contributed by atoms with E-state index in [4.69, 9.17) is 18.9 Å². The standard InChI is InChI=1S/C24H40N2O5/c1-25(18-21(27)19-31-22-6-4-3-5-7-22)17-20-8-9-23(24(16-20)28-2)30-15-12-26-10-13-29-14-11-26/h8-9,16,21-22,27H,3-7,10-15,17-19H2,1-2H3/t21-/m0/s1. The Morgan fingerprint density at radius 1 is 1.16 bits per heavy atom. The summed E-state index contributed by atoms with van der Waals surface area (Å²) in [4.78, 5) is 4.46. The first-order valence-corrected chi connectivity index (χ1v) is 11.7. The fourth-order valence-electron chi connectivity index (χ4n) is 4.31. The van der Waals surface area contributed by atoms with E-state index in [9.17, 15) is 5.11 Å². The van der Waals surface area contributed by atoms with E-state index in [2.05, 4.69) is 15.9 Å². The SMILES string of the molecule is COc1cc(CN(C)C[C@H](O)COC2CCCCC2)ccc1OCCN1CCOCC1. The van der Waals surface area contributed by atoms with E-state index in [-0.39, 0.29) is 0 Å². The lowest BCUT2D eigenvalue weighted by atomic mass is 9.98. The van der Waals surface area contributed by atoms with Gasteiger partial charge in [0.25, 0.3) is 0 Å². The minimum atomic E-state index is -0.475. The average Bonchev–Trinajstić information content (AvgIpc) is 2.80. The van der Waals surface area contributed by atoms with Gasteiger partial charge in [-0.2, -0.15) is 0 Å². The van der Waals surface area contributed by atoms with Crippen LogP contribution in [-0.2, 0) is 16.0 Å². The number of benzene rings is 1. The third-order valence-electron chi connectivity index (χ3n) is 6.05. The number of ether oxygens (including phenoxy) is 4. The molecule has 1 aromatic carbocycles. The topological polar surface area (TPSA) is 63.6 Å². The van der Waals surface area contributed by atoms with Gasteiger partial charge in [-0.05, 0) is 37.6 Å². The molecule has 31 heavy (non-hydrogen) atoms. The number of morpholine rings is 1. The molecule has 0 unspecified atom stereocenters. The molecule has 1 aliphatic carbocycles. The second-order valence-electron chi connectivity index (χ2n) is 8.73. The van der Waals surface area contributed by atoms with Gasteiger partial charge in [0.2, 0.25) is 0 Å². The van der Waals surface area contributed by atoms with Crippen molar-refractivity contribution in [2.75, 3.05) is 66.8 Å². The molecule has 1 saturated carbocycles. The molecule has 1 heterocycles. The van der Waals surface area contributed by atoms with E-state index in [0.717, 1.165) is 69.3 Å². The molecule has 1 N–H and O–H groups in total. The van der Waals surface area contributed by atoms with E-state index in [1.807, 2.05) is 19.2 Å². The molecule has 1 saturated heterocycles. The van der Waals surface area contributed by atoms with Crippen LogP contribution in [-0.4, -0.2) is 93.9 Å². The van der Waals surface area contributed by atoms with Gasteiger partial charge in [-0.15, -0.1) is 0 Å². The third-order valence-corrected chi connectivity index (χ3v) is 6.05. The molecule has 0 aromatic heterocycles. The summed E-state index contributed by atoms with van der Waals surface area (Å²) >= 11 is 0. The highest BCUT2D eigenvalue weighted by molar-refractivity contribution is 5.43. The van der Waals surface area contributed by atoms with E-state index < -0.39 is 6.10 Å². The van der Waals surface area contributed by atoms with Crippen LogP contribution in [0.25, 0.3) is 0 Å². The van der Waals surface area contributed by atoms with Crippen molar-refractivity contribution in [3.8, 4) is 11.5 Å². The summed E-state index contributed by atoms with van der Waals surface area (Å²) in [6, 6.07) is 6.06. The predicted molar refractivity (Wildman–Crippen MR) is 121 cm³/mol. The quantitative estimate of drug-likeness (QED) is 0.540. The number of methoxy groups -OCH3 is 1. The average molecular weight is 437 g/mol. The maximum Gasteiger partial charge on any atom is 0.161 e. The normalized spacial score (nSPS) is 19.5. The van der Waals surface area contributed by atoms with Crippen LogP contribution in [0.4, 0.5) is 0 Å². The Morgan fingerprint density at radius 2 is 1.94 bits per heavy atom. The zero-order valence-electron chi connectivity index (χ0n) is 19.3. The Morgan fingerprint density at radius 3 is 2.68 bits per heavy atom. The van der Waals surface area contributed by atoms with Crippen molar-refractivity contribution in [1.82, 2.24) is 9.80 Å². The van der Waals surface area contributed by atoms with Gasteiger partial charge in [-0.3, -0.25) is 9.80 Å². The monoisotopic (exact) mass is 436 g/mol. The van der Waals surface area contributed by atoms with Gasteiger partial charge >= 0.3 is 0 Å². The van der Waals surface area contributed by atoms with Gasteiger partial charge in [-0.25, -0.2) is 0 Å².